The van der Waals surface area contributed by atoms with Crippen molar-refractivity contribution in [3.8, 4) is 0 Å². The summed E-state index contributed by atoms with van der Waals surface area (Å²) in [5.74, 6) is 0. The number of nitrogens with zero attached hydrogens (tertiary/aromatic N) is 1. The van der Waals surface area contributed by atoms with Gasteiger partial charge in [0.15, 0.2) is 0 Å². The lowest BCUT2D eigenvalue weighted by Crippen LogP contribution is -2.14. The Morgan fingerprint density at radius 1 is 0.824 bits per heavy atom. The first kappa shape index (κ1) is 16.7. The molecule has 0 unspecified atom stereocenters. The first-order valence-electron chi connectivity index (χ1n) is 7.66. The SMILES string of the molecule is CCCCCCCCCCC=NC(C)(C)CC. The standard InChI is InChI=1S/C16H33N/c1-5-7-8-9-10-11-12-13-14-15-17-16(3,4)6-2/h15H,5-14H2,1-4H3. The van der Waals surface area contributed by atoms with Gasteiger partial charge in [-0.25, -0.2) is 0 Å². The second-order valence-electron chi connectivity index (χ2n) is 5.74. The molecule has 0 atom stereocenters. The number of hydrogen-bond acceptors (Lipinski definition) is 1. The Bertz CT molecular complexity index is 182. The van der Waals surface area contributed by atoms with Crippen molar-refractivity contribution in [2.75, 3.05) is 0 Å². The summed E-state index contributed by atoms with van der Waals surface area (Å²) in [7, 11) is 0. The summed E-state index contributed by atoms with van der Waals surface area (Å²) in [5, 5.41) is 0. The molecule has 0 aromatic heterocycles. The largest absolute Gasteiger partial charge is 0.292 e. The minimum atomic E-state index is 0.153. The Balaban J connectivity index is 3.24. The van der Waals surface area contributed by atoms with Crippen LogP contribution >= 0.6 is 0 Å². The van der Waals surface area contributed by atoms with Crippen molar-refractivity contribution >= 4 is 6.21 Å². The fourth-order valence-corrected chi connectivity index (χ4v) is 1.77. The van der Waals surface area contributed by atoms with Crippen molar-refractivity contribution in [2.24, 2.45) is 4.99 Å². The van der Waals surface area contributed by atoms with Crippen LogP contribution in [0.4, 0.5) is 0 Å². The molecule has 17 heavy (non-hydrogen) atoms. The van der Waals surface area contributed by atoms with E-state index in [1.807, 2.05) is 0 Å². The molecule has 1 heteroatoms. The van der Waals surface area contributed by atoms with E-state index >= 15 is 0 Å². The number of hydrogen-bond donors (Lipinski definition) is 0. The highest BCUT2D eigenvalue weighted by atomic mass is 14.8. The molecule has 0 N–H and O–H groups in total. The lowest BCUT2D eigenvalue weighted by atomic mass is 10.0. The topological polar surface area (TPSA) is 12.4 Å². The first-order chi connectivity index (χ1) is 8.12. The van der Waals surface area contributed by atoms with Crippen LogP contribution in [-0.2, 0) is 0 Å². The van der Waals surface area contributed by atoms with E-state index in [2.05, 4.69) is 38.9 Å². The molecule has 0 aromatic carbocycles. The monoisotopic (exact) mass is 239 g/mol. The van der Waals surface area contributed by atoms with E-state index in [0.29, 0.717) is 0 Å². The maximum absolute atomic E-state index is 4.61. The van der Waals surface area contributed by atoms with Crippen LogP contribution in [-0.4, -0.2) is 11.8 Å². The molecular weight excluding hydrogens is 206 g/mol. The van der Waals surface area contributed by atoms with Crippen LogP contribution in [0.1, 0.15) is 91.9 Å². The zero-order chi connectivity index (χ0) is 13.0. The van der Waals surface area contributed by atoms with Crippen molar-refractivity contribution in [1.29, 1.82) is 0 Å². The number of unbranched alkanes of at least 4 members (excludes halogenated alkanes) is 8. The molecule has 0 bridgehead atoms. The van der Waals surface area contributed by atoms with Gasteiger partial charge in [0.05, 0.1) is 5.54 Å². The normalized spacial score (nSPS) is 12.5. The van der Waals surface area contributed by atoms with Crippen LogP contribution in [0.15, 0.2) is 4.99 Å². The van der Waals surface area contributed by atoms with Gasteiger partial charge in [0.1, 0.15) is 0 Å². The van der Waals surface area contributed by atoms with Gasteiger partial charge in [0, 0.05) is 0 Å². The van der Waals surface area contributed by atoms with Gasteiger partial charge in [-0.3, -0.25) is 4.99 Å². The summed E-state index contributed by atoms with van der Waals surface area (Å²) >= 11 is 0. The van der Waals surface area contributed by atoms with Gasteiger partial charge in [-0.1, -0.05) is 58.8 Å². The summed E-state index contributed by atoms with van der Waals surface area (Å²) in [5.41, 5.74) is 0.153. The maximum atomic E-state index is 4.61. The minimum absolute atomic E-state index is 0.153. The van der Waals surface area contributed by atoms with E-state index < -0.39 is 0 Å². The Morgan fingerprint density at radius 2 is 1.35 bits per heavy atom. The predicted molar refractivity (Wildman–Crippen MR) is 80.1 cm³/mol. The Morgan fingerprint density at radius 3 is 1.88 bits per heavy atom. The smallest absolute Gasteiger partial charge is 0.0545 e. The molecule has 0 radical (unpaired) electrons. The van der Waals surface area contributed by atoms with Crippen molar-refractivity contribution in [3.05, 3.63) is 0 Å². The molecule has 0 heterocycles. The van der Waals surface area contributed by atoms with E-state index in [1.165, 1.54) is 57.8 Å². The molecule has 0 aliphatic carbocycles. The molecule has 0 spiro atoms. The second-order valence-corrected chi connectivity index (χ2v) is 5.74. The summed E-state index contributed by atoms with van der Waals surface area (Å²) in [6.45, 7) is 8.89. The fourth-order valence-electron chi connectivity index (χ4n) is 1.77. The van der Waals surface area contributed by atoms with Crippen molar-refractivity contribution in [2.45, 2.75) is 97.4 Å². The summed E-state index contributed by atoms with van der Waals surface area (Å²) in [6.07, 6.45) is 15.6. The van der Waals surface area contributed by atoms with Gasteiger partial charge in [0.2, 0.25) is 0 Å². The molecule has 0 fully saturated rings. The van der Waals surface area contributed by atoms with Crippen LogP contribution in [0, 0.1) is 0 Å². The highest BCUT2D eigenvalue weighted by Crippen LogP contribution is 2.13. The lowest BCUT2D eigenvalue weighted by Gasteiger charge is -2.15. The zero-order valence-corrected chi connectivity index (χ0v) is 12.6. The van der Waals surface area contributed by atoms with Gasteiger partial charge in [-0.2, -0.15) is 0 Å². The van der Waals surface area contributed by atoms with E-state index in [-0.39, 0.29) is 5.54 Å². The van der Waals surface area contributed by atoms with Crippen LogP contribution in [0.2, 0.25) is 0 Å². The average Bonchev–Trinajstić information content (AvgIpc) is 2.31. The average molecular weight is 239 g/mol. The molecule has 0 saturated carbocycles. The molecule has 102 valence electrons. The molecule has 0 aliphatic rings. The van der Waals surface area contributed by atoms with Crippen LogP contribution in [0.5, 0.6) is 0 Å². The summed E-state index contributed by atoms with van der Waals surface area (Å²) in [6, 6.07) is 0. The van der Waals surface area contributed by atoms with Crippen molar-refractivity contribution in [3.63, 3.8) is 0 Å². The molecule has 0 aromatic rings. The molecule has 0 rings (SSSR count). The number of rotatable bonds is 11. The fraction of sp³-hybridized carbons (Fsp3) is 0.938. The molecule has 0 saturated heterocycles. The van der Waals surface area contributed by atoms with Crippen LogP contribution in [0.25, 0.3) is 0 Å². The van der Waals surface area contributed by atoms with Gasteiger partial charge in [-0.15, -0.1) is 0 Å². The van der Waals surface area contributed by atoms with E-state index in [0.717, 1.165) is 6.42 Å². The Hall–Kier alpha value is -0.330. The molecular formula is C16H33N. The van der Waals surface area contributed by atoms with Gasteiger partial charge in [-0.05, 0) is 39.3 Å². The summed E-state index contributed by atoms with van der Waals surface area (Å²) in [4.78, 5) is 4.61. The van der Waals surface area contributed by atoms with Gasteiger partial charge in [0.25, 0.3) is 0 Å². The second kappa shape index (κ2) is 10.8. The van der Waals surface area contributed by atoms with Crippen molar-refractivity contribution < 1.29 is 0 Å². The third-order valence-corrected chi connectivity index (χ3v) is 3.49. The maximum Gasteiger partial charge on any atom is 0.0545 e. The summed E-state index contributed by atoms with van der Waals surface area (Å²) < 4.78 is 0. The van der Waals surface area contributed by atoms with E-state index in [1.54, 1.807) is 0 Å². The molecule has 1 nitrogen and oxygen atoms in total. The third-order valence-electron chi connectivity index (χ3n) is 3.49. The highest BCUT2D eigenvalue weighted by Gasteiger charge is 2.10. The van der Waals surface area contributed by atoms with Crippen LogP contribution < -0.4 is 0 Å². The van der Waals surface area contributed by atoms with Crippen molar-refractivity contribution in [1.82, 2.24) is 0 Å². The third kappa shape index (κ3) is 11.9. The zero-order valence-electron chi connectivity index (χ0n) is 12.6. The Labute approximate surface area is 109 Å². The predicted octanol–water partition coefficient (Wildman–Crippen LogP) is 5.78. The van der Waals surface area contributed by atoms with E-state index in [9.17, 15) is 0 Å². The van der Waals surface area contributed by atoms with E-state index in [4.69, 9.17) is 0 Å². The molecule has 0 amide bonds. The Kier molecular flexibility index (Phi) is 10.6. The molecule has 0 aliphatic heterocycles. The highest BCUT2D eigenvalue weighted by molar-refractivity contribution is 5.57. The quantitative estimate of drug-likeness (QED) is 0.320. The van der Waals surface area contributed by atoms with Gasteiger partial charge >= 0.3 is 0 Å². The minimum Gasteiger partial charge on any atom is -0.292 e. The van der Waals surface area contributed by atoms with Crippen LogP contribution in [0.3, 0.4) is 0 Å². The first-order valence-corrected chi connectivity index (χ1v) is 7.66. The lowest BCUT2D eigenvalue weighted by molar-refractivity contribution is 0.505. The number of aliphatic imine (C=N–C) groups is 1. The van der Waals surface area contributed by atoms with Gasteiger partial charge < -0.3 is 0 Å².